The Kier molecular flexibility index (Phi) is 4.06. The summed E-state index contributed by atoms with van der Waals surface area (Å²) in [6.45, 7) is 5.86. The minimum absolute atomic E-state index is 0.183. The standard InChI is InChI=1S/C22H23N5O2/c1-12-10-27(11-13(2)29-12)14-7-8-17-18(9-14)25-21(24-17)19-20(23)15-5-3-4-6-16(15)26-22(19)28/h3-9,12-13H,10-11H2,1-2H3,(H,24,25)(H3,23,26,28)/t12-,13+. The molecule has 0 spiro atoms. The van der Waals surface area contributed by atoms with E-state index in [1.165, 1.54) is 0 Å². The summed E-state index contributed by atoms with van der Waals surface area (Å²) in [6.07, 6.45) is 0.366. The minimum atomic E-state index is -0.253. The molecule has 1 aliphatic rings. The summed E-state index contributed by atoms with van der Waals surface area (Å²) in [5, 5.41) is 0.805. The molecule has 0 aliphatic carbocycles. The molecule has 1 fully saturated rings. The SMILES string of the molecule is C[C@@H]1CN(c2ccc3nc(-c4c(N)c5ccccc5[nH]c4=O)[nH]c3c2)C[C@H](C)O1. The largest absolute Gasteiger partial charge is 0.397 e. The van der Waals surface area contributed by atoms with Crippen molar-refractivity contribution in [3.8, 4) is 11.4 Å². The Labute approximate surface area is 167 Å². The van der Waals surface area contributed by atoms with Crippen molar-refractivity contribution < 1.29 is 4.74 Å². The lowest BCUT2D eigenvalue weighted by Gasteiger charge is -2.36. The van der Waals surface area contributed by atoms with Crippen LogP contribution >= 0.6 is 0 Å². The Morgan fingerprint density at radius 2 is 1.83 bits per heavy atom. The molecule has 0 amide bonds. The number of imidazole rings is 1. The third-order valence-electron chi connectivity index (χ3n) is 5.45. The number of H-pyrrole nitrogens is 2. The molecule has 148 valence electrons. The molecule has 4 aromatic rings. The van der Waals surface area contributed by atoms with E-state index in [9.17, 15) is 4.79 Å². The van der Waals surface area contributed by atoms with Gasteiger partial charge in [0.2, 0.25) is 0 Å². The maximum atomic E-state index is 12.7. The predicted octanol–water partition coefficient (Wildman–Crippen LogP) is 3.27. The molecule has 1 aliphatic heterocycles. The first-order valence-electron chi connectivity index (χ1n) is 9.80. The molecule has 2 aromatic heterocycles. The zero-order valence-corrected chi connectivity index (χ0v) is 16.4. The van der Waals surface area contributed by atoms with E-state index in [0.29, 0.717) is 22.6 Å². The number of hydrogen-bond acceptors (Lipinski definition) is 5. The van der Waals surface area contributed by atoms with Crippen LogP contribution in [0.2, 0.25) is 0 Å². The summed E-state index contributed by atoms with van der Waals surface area (Å²) < 4.78 is 5.83. The number of nitrogens with two attached hydrogens (primary N) is 1. The molecule has 5 rings (SSSR count). The van der Waals surface area contributed by atoms with Crippen LogP contribution in [0.1, 0.15) is 13.8 Å². The molecular weight excluding hydrogens is 366 g/mol. The fourth-order valence-corrected chi connectivity index (χ4v) is 4.21. The van der Waals surface area contributed by atoms with Crippen molar-refractivity contribution in [3.63, 3.8) is 0 Å². The van der Waals surface area contributed by atoms with Crippen LogP contribution in [0.5, 0.6) is 0 Å². The maximum absolute atomic E-state index is 12.7. The van der Waals surface area contributed by atoms with Gasteiger partial charge in [-0.3, -0.25) is 4.79 Å². The first-order valence-corrected chi connectivity index (χ1v) is 9.80. The van der Waals surface area contributed by atoms with Crippen LogP contribution in [-0.4, -0.2) is 40.2 Å². The highest BCUT2D eigenvalue weighted by Crippen LogP contribution is 2.30. The molecule has 1 saturated heterocycles. The normalized spacial score (nSPS) is 19.9. The number of nitrogen functional groups attached to an aromatic ring is 1. The number of nitrogens with one attached hydrogen (secondary N) is 2. The zero-order valence-electron chi connectivity index (χ0n) is 16.4. The van der Waals surface area contributed by atoms with E-state index in [4.69, 9.17) is 10.5 Å². The van der Waals surface area contributed by atoms with Crippen LogP contribution in [0.3, 0.4) is 0 Å². The lowest BCUT2D eigenvalue weighted by Crippen LogP contribution is -2.45. The van der Waals surface area contributed by atoms with Crippen molar-refractivity contribution in [2.45, 2.75) is 26.1 Å². The average Bonchev–Trinajstić information content (AvgIpc) is 3.10. The van der Waals surface area contributed by atoms with Gasteiger partial charge in [-0.15, -0.1) is 0 Å². The Morgan fingerprint density at radius 3 is 2.62 bits per heavy atom. The van der Waals surface area contributed by atoms with E-state index in [-0.39, 0.29) is 17.8 Å². The number of benzene rings is 2. The minimum Gasteiger partial charge on any atom is -0.397 e. The van der Waals surface area contributed by atoms with Gasteiger partial charge in [0, 0.05) is 24.2 Å². The van der Waals surface area contributed by atoms with Gasteiger partial charge in [-0.05, 0) is 38.1 Å². The molecule has 0 unspecified atom stereocenters. The van der Waals surface area contributed by atoms with Gasteiger partial charge in [0.25, 0.3) is 5.56 Å². The number of nitrogens with zero attached hydrogens (tertiary/aromatic N) is 2. The van der Waals surface area contributed by atoms with Gasteiger partial charge in [-0.2, -0.15) is 0 Å². The van der Waals surface area contributed by atoms with Crippen molar-refractivity contribution in [1.29, 1.82) is 0 Å². The molecule has 4 N–H and O–H groups in total. The molecule has 0 bridgehead atoms. The number of rotatable bonds is 2. The van der Waals surface area contributed by atoms with E-state index in [1.54, 1.807) is 0 Å². The van der Waals surface area contributed by atoms with Crippen molar-refractivity contribution in [3.05, 3.63) is 52.8 Å². The van der Waals surface area contributed by atoms with Gasteiger partial charge in [0.15, 0.2) is 0 Å². The van der Waals surface area contributed by atoms with E-state index in [1.807, 2.05) is 30.3 Å². The number of aromatic amines is 2. The second-order valence-corrected chi connectivity index (χ2v) is 7.74. The third-order valence-corrected chi connectivity index (χ3v) is 5.45. The van der Waals surface area contributed by atoms with Gasteiger partial charge < -0.3 is 25.3 Å². The summed E-state index contributed by atoms with van der Waals surface area (Å²) >= 11 is 0. The topological polar surface area (TPSA) is 100 Å². The molecule has 29 heavy (non-hydrogen) atoms. The van der Waals surface area contributed by atoms with Crippen LogP contribution in [0.25, 0.3) is 33.3 Å². The van der Waals surface area contributed by atoms with Crippen molar-refractivity contribution in [1.82, 2.24) is 15.0 Å². The molecule has 2 aromatic carbocycles. The third kappa shape index (κ3) is 3.03. The number of morpholine rings is 1. The molecule has 7 nitrogen and oxygen atoms in total. The molecule has 0 radical (unpaired) electrons. The van der Waals surface area contributed by atoms with Crippen LogP contribution in [0.4, 0.5) is 11.4 Å². The van der Waals surface area contributed by atoms with Crippen LogP contribution in [0.15, 0.2) is 47.3 Å². The Morgan fingerprint density at radius 1 is 1.07 bits per heavy atom. The Bertz CT molecular complexity index is 1270. The van der Waals surface area contributed by atoms with Crippen LogP contribution in [0, 0.1) is 0 Å². The van der Waals surface area contributed by atoms with Crippen LogP contribution < -0.4 is 16.2 Å². The number of hydrogen-bond donors (Lipinski definition) is 3. The number of anilines is 2. The van der Waals surface area contributed by atoms with Crippen LogP contribution in [-0.2, 0) is 4.74 Å². The van der Waals surface area contributed by atoms with E-state index in [0.717, 1.165) is 35.2 Å². The van der Waals surface area contributed by atoms with Gasteiger partial charge >= 0.3 is 0 Å². The highest BCUT2D eigenvalue weighted by molar-refractivity contribution is 5.97. The second-order valence-electron chi connectivity index (χ2n) is 7.74. The number of ether oxygens (including phenoxy) is 1. The monoisotopic (exact) mass is 389 g/mol. The zero-order chi connectivity index (χ0) is 20.1. The predicted molar refractivity (Wildman–Crippen MR) is 116 cm³/mol. The van der Waals surface area contributed by atoms with Gasteiger partial charge in [0.05, 0.1) is 34.4 Å². The first kappa shape index (κ1) is 17.8. The lowest BCUT2D eigenvalue weighted by molar-refractivity contribution is -0.00521. The number of aromatic nitrogens is 3. The number of fused-ring (bicyclic) bond motifs is 2. The summed E-state index contributed by atoms with van der Waals surface area (Å²) in [4.78, 5) is 25.8. The van der Waals surface area contributed by atoms with E-state index < -0.39 is 0 Å². The molecule has 0 saturated carbocycles. The van der Waals surface area contributed by atoms with Gasteiger partial charge in [0.1, 0.15) is 11.4 Å². The fraction of sp³-hybridized carbons (Fsp3) is 0.273. The summed E-state index contributed by atoms with van der Waals surface area (Å²) in [5.74, 6) is 0.477. The fourth-order valence-electron chi connectivity index (χ4n) is 4.21. The maximum Gasteiger partial charge on any atom is 0.261 e. The van der Waals surface area contributed by atoms with E-state index >= 15 is 0 Å². The second kappa shape index (κ2) is 6.63. The molecular formula is C22H23N5O2. The highest BCUT2D eigenvalue weighted by atomic mass is 16.5. The highest BCUT2D eigenvalue weighted by Gasteiger charge is 2.23. The quantitative estimate of drug-likeness (QED) is 0.489. The summed E-state index contributed by atoms with van der Waals surface area (Å²) in [5.41, 5.74) is 10.4. The van der Waals surface area contributed by atoms with Crippen molar-refractivity contribution in [2.75, 3.05) is 23.7 Å². The Balaban J connectivity index is 1.59. The average molecular weight is 389 g/mol. The van der Waals surface area contributed by atoms with E-state index in [2.05, 4.69) is 45.8 Å². The van der Waals surface area contributed by atoms with Gasteiger partial charge in [-0.25, -0.2) is 4.98 Å². The smallest absolute Gasteiger partial charge is 0.261 e. The summed E-state index contributed by atoms with van der Waals surface area (Å²) in [7, 11) is 0. The molecule has 7 heteroatoms. The summed E-state index contributed by atoms with van der Waals surface area (Å²) in [6, 6.07) is 13.6. The Hall–Kier alpha value is -3.32. The number of pyridine rings is 1. The van der Waals surface area contributed by atoms with Crippen molar-refractivity contribution >= 4 is 33.3 Å². The molecule has 3 heterocycles. The van der Waals surface area contributed by atoms with Gasteiger partial charge in [-0.1, -0.05) is 18.2 Å². The lowest BCUT2D eigenvalue weighted by atomic mass is 10.1. The number of para-hydroxylation sites is 1. The first-order chi connectivity index (χ1) is 14.0. The molecule has 2 atom stereocenters. The van der Waals surface area contributed by atoms with Crippen molar-refractivity contribution in [2.24, 2.45) is 0 Å².